The summed E-state index contributed by atoms with van der Waals surface area (Å²) in [6.07, 6.45) is -1.78. The van der Waals surface area contributed by atoms with Gasteiger partial charge >= 0.3 is 0 Å². The molecule has 0 aliphatic carbocycles. The molecule has 0 spiro atoms. The summed E-state index contributed by atoms with van der Waals surface area (Å²) in [5, 5.41) is 19.3. The molecule has 0 aliphatic heterocycles. The molecule has 168 valence electrons. The lowest BCUT2D eigenvalue weighted by Gasteiger charge is -2.26. The van der Waals surface area contributed by atoms with Gasteiger partial charge in [-0.3, -0.25) is 9.59 Å². The van der Waals surface area contributed by atoms with Crippen molar-refractivity contribution in [3.8, 4) is 11.5 Å². The van der Waals surface area contributed by atoms with Crippen LogP contribution in [0.2, 0.25) is 0 Å². The number of aliphatic hydroxyl groups is 2. The smallest absolute Gasteiger partial charge is 0.293 e. The van der Waals surface area contributed by atoms with Gasteiger partial charge in [0.05, 0.1) is 0 Å². The van der Waals surface area contributed by atoms with Crippen molar-refractivity contribution in [1.82, 2.24) is 0 Å². The molecule has 8 nitrogen and oxygen atoms in total. The fraction of sp³-hybridized carbons (Fsp3) is 0.391. The zero-order chi connectivity index (χ0) is 22.7. The summed E-state index contributed by atoms with van der Waals surface area (Å²) in [6.45, 7) is 4.58. The van der Waals surface area contributed by atoms with Gasteiger partial charge < -0.3 is 29.2 Å². The van der Waals surface area contributed by atoms with Crippen molar-refractivity contribution in [3.05, 3.63) is 59.7 Å². The molecule has 0 heterocycles. The molecule has 2 unspecified atom stereocenters. The summed E-state index contributed by atoms with van der Waals surface area (Å²) in [7, 11) is 0. The number of aliphatic hydroxyl groups excluding tert-OH is 2. The summed E-state index contributed by atoms with van der Waals surface area (Å²) in [4.78, 5) is 20.3. The molecule has 2 aromatic carbocycles. The van der Waals surface area contributed by atoms with Crippen molar-refractivity contribution in [1.29, 1.82) is 0 Å². The standard InChI is InChI=1S/C23H28O8/c1-23(2,17-3-7-21(8-4-17)30-13-19(26)11-28-15-24)18-5-9-22(10-6-18)31-14-20(27)12-29-16-25/h3-10,15-16,19-20,26-27H,11-14H2,1-2H3. The maximum Gasteiger partial charge on any atom is 0.293 e. The summed E-state index contributed by atoms with van der Waals surface area (Å²) in [6, 6.07) is 15.1. The van der Waals surface area contributed by atoms with E-state index in [2.05, 4.69) is 23.3 Å². The molecule has 0 saturated heterocycles. The number of hydrogen-bond acceptors (Lipinski definition) is 8. The molecule has 2 aromatic rings. The van der Waals surface area contributed by atoms with Crippen LogP contribution in [0.25, 0.3) is 0 Å². The Balaban J connectivity index is 1.94. The van der Waals surface area contributed by atoms with E-state index < -0.39 is 12.2 Å². The Morgan fingerprint density at radius 1 is 0.710 bits per heavy atom. The lowest BCUT2D eigenvalue weighted by Crippen LogP contribution is -2.23. The molecule has 2 N–H and O–H groups in total. The van der Waals surface area contributed by atoms with E-state index in [1.54, 1.807) is 0 Å². The van der Waals surface area contributed by atoms with Crippen molar-refractivity contribution in [2.24, 2.45) is 0 Å². The first-order chi connectivity index (χ1) is 14.9. The minimum atomic E-state index is -0.888. The van der Waals surface area contributed by atoms with Crippen molar-refractivity contribution in [3.63, 3.8) is 0 Å². The molecule has 2 atom stereocenters. The van der Waals surface area contributed by atoms with Crippen LogP contribution in [-0.2, 0) is 24.5 Å². The van der Waals surface area contributed by atoms with E-state index in [0.29, 0.717) is 11.5 Å². The molecule has 0 aliphatic rings. The van der Waals surface area contributed by atoms with Gasteiger partial charge in [0.1, 0.15) is 50.1 Å². The maximum absolute atomic E-state index is 10.1. The van der Waals surface area contributed by atoms with E-state index in [1.165, 1.54) is 0 Å². The lowest BCUT2D eigenvalue weighted by atomic mass is 9.78. The second kappa shape index (κ2) is 11.9. The second-order valence-electron chi connectivity index (χ2n) is 7.46. The number of hydrogen-bond donors (Lipinski definition) is 2. The molecule has 0 saturated carbocycles. The number of ether oxygens (including phenoxy) is 4. The minimum Gasteiger partial charge on any atom is -0.491 e. The number of carbonyl (C=O) groups excluding carboxylic acids is 2. The molecule has 31 heavy (non-hydrogen) atoms. The second-order valence-corrected chi connectivity index (χ2v) is 7.46. The van der Waals surface area contributed by atoms with Crippen LogP contribution in [0, 0.1) is 0 Å². The van der Waals surface area contributed by atoms with Gasteiger partial charge in [-0.2, -0.15) is 0 Å². The van der Waals surface area contributed by atoms with Gasteiger partial charge in [-0.05, 0) is 35.4 Å². The average Bonchev–Trinajstić information content (AvgIpc) is 2.79. The minimum absolute atomic E-state index is 0.0218. The monoisotopic (exact) mass is 432 g/mol. The third-order valence-electron chi connectivity index (χ3n) is 4.75. The Hall–Kier alpha value is -3.10. The number of carbonyl (C=O) groups is 2. The van der Waals surface area contributed by atoms with E-state index in [9.17, 15) is 19.8 Å². The Morgan fingerprint density at radius 2 is 1.06 bits per heavy atom. The zero-order valence-electron chi connectivity index (χ0n) is 17.6. The van der Waals surface area contributed by atoms with Crippen LogP contribution in [0.4, 0.5) is 0 Å². The molecule has 8 heteroatoms. The molecule has 0 aromatic heterocycles. The lowest BCUT2D eigenvalue weighted by molar-refractivity contribution is -0.132. The van der Waals surface area contributed by atoms with Crippen molar-refractivity contribution < 1.29 is 38.7 Å². The van der Waals surface area contributed by atoms with Gasteiger partial charge in [0.25, 0.3) is 12.9 Å². The highest BCUT2D eigenvalue weighted by molar-refractivity contribution is 5.42. The fourth-order valence-electron chi connectivity index (χ4n) is 2.88. The Labute approximate surface area is 181 Å². The van der Waals surface area contributed by atoms with Crippen molar-refractivity contribution >= 4 is 12.9 Å². The molecule has 0 fully saturated rings. The molecule has 0 radical (unpaired) electrons. The normalized spacial score (nSPS) is 13.0. The quantitative estimate of drug-likeness (QED) is 0.435. The summed E-state index contributed by atoms with van der Waals surface area (Å²) < 4.78 is 20.0. The predicted octanol–water partition coefficient (Wildman–Crippen LogP) is 1.84. The topological polar surface area (TPSA) is 112 Å². The van der Waals surface area contributed by atoms with Gasteiger partial charge in [-0.25, -0.2) is 0 Å². The van der Waals surface area contributed by atoms with Gasteiger partial charge in [0, 0.05) is 5.41 Å². The third kappa shape index (κ3) is 7.58. The van der Waals surface area contributed by atoms with Crippen molar-refractivity contribution in [2.45, 2.75) is 31.5 Å². The Bertz CT molecular complexity index is 734. The fourth-order valence-corrected chi connectivity index (χ4v) is 2.88. The summed E-state index contributed by atoms with van der Waals surface area (Å²) in [5.74, 6) is 1.20. The van der Waals surface area contributed by atoms with E-state index >= 15 is 0 Å². The molecular weight excluding hydrogens is 404 g/mol. The van der Waals surface area contributed by atoms with Crippen LogP contribution < -0.4 is 9.47 Å². The van der Waals surface area contributed by atoms with E-state index in [-0.39, 0.29) is 44.8 Å². The van der Waals surface area contributed by atoms with Gasteiger partial charge in [-0.15, -0.1) is 0 Å². The first kappa shape index (κ1) is 24.2. The first-order valence-electron chi connectivity index (χ1n) is 9.80. The molecule has 0 amide bonds. The predicted molar refractivity (Wildman–Crippen MR) is 112 cm³/mol. The van der Waals surface area contributed by atoms with Crippen LogP contribution >= 0.6 is 0 Å². The van der Waals surface area contributed by atoms with Crippen LogP contribution in [-0.4, -0.2) is 61.8 Å². The highest BCUT2D eigenvalue weighted by Crippen LogP contribution is 2.33. The SMILES string of the molecule is CC(C)(c1ccc(OCC(O)COC=O)cc1)c1ccc(OCC(O)COC=O)cc1. The summed E-state index contributed by atoms with van der Waals surface area (Å²) in [5.41, 5.74) is 1.85. The first-order valence-corrected chi connectivity index (χ1v) is 9.80. The maximum atomic E-state index is 10.1. The zero-order valence-corrected chi connectivity index (χ0v) is 17.6. The van der Waals surface area contributed by atoms with Crippen LogP contribution in [0.3, 0.4) is 0 Å². The van der Waals surface area contributed by atoms with Crippen LogP contribution in [0.5, 0.6) is 11.5 Å². The Morgan fingerprint density at radius 3 is 1.39 bits per heavy atom. The average molecular weight is 432 g/mol. The number of benzene rings is 2. The van der Waals surface area contributed by atoms with E-state index in [0.717, 1.165) is 11.1 Å². The van der Waals surface area contributed by atoms with E-state index in [1.807, 2.05) is 48.5 Å². The highest BCUT2D eigenvalue weighted by atomic mass is 16.5. The molecule has 0 bridgehead atoms. The molecule has 2 rings (SSSR count). The van der Waals surface area contributed by atoms with Crippen LogP contribution in [0.15, 0.2) is 48.5 Å². The van der Waals surface area contributed by atoms with Gasteiger partial charge in [-0.1, -0.05) is 38.1 Å². The highest BCUT2D eigenvalue weighted by Gasteiger charge is 2.23. The number of rotatable bonds is 14. The summed E-state index contributed by atoms with van der Waals surface area (Å²) >= 11 is 0. The third-order valence-corrected chi connectivity index (χ3v) is 4.75. The Kier molecular flexibility index (Phi) is 9.30. The molecular formula is C23H28O8. The van der Waals surface area contributed by atoms with Gasteiger partial charge in [0.2, 0.25) is 0 Å². The van der Waals surface area contributed by atoms with E-state index in [4.69, 9.17) is 9.47 Å². The largest absolute Gasteiger partial charge is 0.491 e. The van der Waals surface area contributed by atoms with Gasteiger partial charge in [0.15, 0.2) is 0 Å². The van der Waals surface area contributed by atoms with Crippen LogP contribution in [0.1, 0.15) is 25.0 Å². The van der Waals surface area contributed by atoms with Crippen molar-refractivity contribution in [2.75, 3.05) is 26.4 Å².